The van der Waals surface area contributed by atoms with Crippen molar-refractivity contribution in [3.8, 4) is 11.5 Å². The molecule has 4 N–H and O–H groups in total. The fourth-order valence-electron chi connectivity index (χ4n) is 1.70. The fourth-order valence-corrected chi connectivity index (χ4v) is 1.70. The molecule has 19 heavy (non-hydrogen) atoms. The van der Waals surface area contributed by atoms with Gasteiger partial charge in [-0.05, 0) is 25.0 Å². The summed E-state index contributed by atoms with van der Waals surface area (Å²) < 4.78 is 0. The SMILES string of the molecule is O=C(NCCNC(=O)C1CC1)c1c(O)cccc1O. The van der Waals surface area contributed by atoms with Crippen LogP contribution in [0.2, 0.25) is 0 Å². The number of carbonyl (C=O) groups is 2. The number of nitrogens with one attached hydrogen (secondary N) is 2. The lowest BCUT2D eigenvalue weighted by Gasteiger charge is -2.09. The van der Waals surface area contributed by atoms with Crippen LogP contribution in [0.5, 0.6) is 11.5 Å². The van der Waals surface area contributed by atoms with E-state index in [2.05, 4.69) is 10.6 Å². The van der Waals surface area contributed by atoms with E-state index in [0.717, 1.165) is 12.8 Å². The van der Waals surface area contributed by atoms with E-state index < -0.39 is 5.91 Å². The molecule has 6 heteroatoms. The first-order chi connectivity index (χ1) is 9.09. The van der Waals surface area contributed by atoms with Crippen LogP contribution < -0.4 is 10.6 Å². The summed E-state index contributed by atoms with van der Waals surface area (Å²) in [5.41, 5.74) is -0.156. The van der Waals surface area contributed by atoms with E-state index in [4.69, 9.17) is 0 Å². The molecule has 0 radical (unpaired) electrons. The molecule has 1 aliphatic carbocycles. The average molecular weight is 264 g/mol. The molecule has 6 nitrogen and oxygen atoms in total. The fraction of sp³-hybridized carbons (Fsp3) is 0.385. The Morgan fingerprint density at radius 3 is 2.26 bits per heavy atom. The Bertz CT molecular complexity index is 477. The summed E-state index contributed by atoms with van der Waals surface area (Å²) in [4.78, 5) is 23.1. The van der Waals surface area contributed by atoms with Crippen molar-refractivity contribution in [2.24, 2.45) is 5.92 Å². The van der Waals surface area contributed by atoms with Crippen LogP contribution in [-0.2, 0) is 4.79 Å². The van der Waals surface area contributed by atoms with Crippen molar-refractivity contribution in [1.82, 2.24) is 10.6 Å². The topological polar surface area (TPSA) is 98.7 Å². The molecule has 2 rings (SSSR count). The summed E-state index contributed by atoms with van der Waals surface area (Å²) in [7, 11) is 0. The van der Waals surface area contributed by atoms with Gasteiger partial charge in [0.25, 0.3) is 5.91 Å². The maximum Gasteiger partial charge on any atom is 0.258 e. The lowest BCUT2D eigenvalue weighted by molar-refractivity contribution is -0.122. The van der Waals surface area contributed by atoms with Gasteiger partial charge in [0, 0.05) is 19.0 Å². The highest BCUT2D eigenvalue weighted by Crippen LogP contribution is 2.28. The third-order valence-electron chi connectivity index (χ3n) is 2.91. The zero-order valence-electron chi connectivity index (χ0n) is 10.3. The monoisotopic (exact) mass is 264 g/mol. The Morgan fingerprint density at radius 1 is 1.11 bits per heavy atom. The van der Waals surface area contributed by atoms with Crippen LogP contribution in [0, 0.1) is 5.92 Å². The molecule has 1 aliphatic rings. The second kappa shape index (κ2) is 5.60. The summed E-state index contributed by atoms with van der Waals surface area (Å²) >= 11 is 0. The summed E-state index contributed by atoms with van der Waals surface area (Å²) in [6.07, 6.45) is 1.87. The molecule has 1 aromatic rings. The number of rotatable bonds is 5. The van der Waals surface area contributed by atoms with Crippen LogP contribution in [0.25, 0.3) is 0 Å². The zero-order valence-corrected chi connectivity index (χ0v) is 10.3. The van der Waals surface area contributed by atoms with Gasteiger partial charge in [0.05, 0.1) is 0 Å². The Kier molecular flexibility index (Phi) is 3.89. The molecule has 1 fully saturated rings. The summed E-state index contributed by atoms with van der Waals surface area (Å²) in [5.74, 6) is -0.979. The minimum atomic E-state index is -0.573. The quantitative estimate of drug-likeness (QED) is 0.577. The van der Waals surface area contributed by atoms with Crippen molar-refractivity contribution in [2.45, 2.75) is 12.8 Å². The van der Waals surface area contributed by atoms with Gasteiger partial charge in [-0.3, -0.25) is 9.59 Å². The van der Waals surface area contributed by atoms with Crippen molar-refractivity contribution in [1.29, 1.82) is 0 Å². The molecule has 1 saturated carbocycles. The Morgan fingerprint density at radius 2 is 1.68 bits per heavy atom. The maximum atomic E-state index is 11.7. The van der Waals surface area contributed by atoms with E-state index in [0.29, 0.717) is 6.54 Å². The largest absolute Gasteiger partial charge is 0.507 e. The van der Waals surface area contributed by atoms with Crippen LogP contribution in [0.15, 0.2) is 18.2 Å². The molecule has 102 valence electrons. The number of hydrogen-bond acceptors (Lipinski definition) is 4. The Labute approximate surface area is 110 Å². The molecule has 0 aromatic heterocycles. The normalized spacial score (nSPS) is 13.9. The summed E-state index contributed by atoms with van der Waals surface area (Å²) in [5, 5.41) is 24.2. The summed E-state index contributed by atoms with van der Waals surface area (Å²) in [6.45, 7) is 0.570. The molecule has 0 bridgehead atoms. The third-order valence-corrected chi connectivity index (χ3v) is 2.91. The van der Waals surface area contributed by atoms with Crippen LogP contribution in [0.3, 0.4) is 0 Å². The molecule has 0 spiro atoms. The maximum absolute atomic E-state index is 11.7. The number of benzene rings is 1. The molecule has 0 aliphatic heterocycles. The lowest BCUT2D eigenvalue weighted by atomic mass is 10.1. The second-order valence-corrected chi connectivity index (χ2v) is 4.49. The van der Waals surface area contributed by atoms with Crippen molar-refractivity contribution < 1.29 is 19.8 Å². The highest BCUT2D eigenvalue weighted by atomic mass is 16.3. The van der Waals surface area contributed by atoms with Crippen molar-refractivity contribution in [3.63, 3.8) is 0 Å². The van der Waals surface area contributed by atoms with E-state index >= 15 is 0 Å². The predicted octanol–water partition coefficient (Wildman–Crippen LogP) is 0.354. The van der Waals surface area contributed by atoms with Crippen molar-refractivity contribution >= 4 is 11.8 Å². The van der Waals surface area contributed by atoms with Crippen LogP contribution in [0.4, 0.5) is 0 Å². The average Bonchev–Trinajstić information content (AvgIpc) is 3.18. The molecule has 0 heterocycles. The number of carbonyl (C=O) groups excluding carboxylic acids is 2. The minimum absolute atomic E-state index is 0.0136. The van der Waals surface area contributed by atoms with Gasteiger partial charge in [0.2, 0.25) is 5.91 Å². The third kappa shape index (κ3) is 3.37. The number of amides is 2. The first-order valence-corrected chi connectivity index (χ1v) is 6.16. The first kappa shape index (κ1) is 13.2. The van der Waals surface area contributed by atoms with Gasteiger partial charge in [0.1, 0.15) is 17.1 Å². The molecule has 0 unspecified atom stereocenters. The van der Waals surface area contributed by atoms with Crippen LogP contribution in [0.1, 0.15) is 23.2 Å². The number of hydrogen-bond donors (Lipinski definition) is 4. The van der Waals surface area contributed by atoms with E-state index in [1.807, 2.05) is 0 Å². The van der Waals surface area contributed by atoms with Gasteiger partial charge in [-0.1, -0.05) is 6.07 Å². The predicted molar refractivity (Wildman–Crippen MR) is 67.8 cm³/mol. The number of aromatic hydroxyl groups is 2. The Balaban J connectivity index is 1.79. The zero-order chi connectivity index (χ0) is 13.8. The minimum Gasteiger partial charge on any atom is -0.507 e. The highest BCUT2D eigenvalue weighted by molar-refractivity contribution is 5.99. The van der Waals surface area contributed by atoms with Crippen molar-refractivity contribution in [3.05, 3.63) is 23.8 Å². The molecule has 1 aromatic carbocycles. The van der Waals surface area contributed by atoms with Gasteiger partial charge in [-0.25, -0.2) is 0 Å². The molecular formula is C13H16N2O4. The molecule has 0 saturated heterocycles. The number of phenols is 2. The standard InChI is InChI=1S/C13H16N2O4/c16-9-2-1-3-10(17)11(9)13(19)15-7-6-14-12(18)8-4-5-8/h1-3,8,16-17H,4-7H2,(H,14,18)(H,15,19). The highest BCUT2D eigenvalue weighted by Gasteiger charge is 2.29. The van der Waals surface area contributed by atoms with Gasteiger partial charge in [0.15, 0.2) is 0 Å². The molecular weight excluding hydrogens is 248 g/mol. The van der Waals surface area contributed by atoms with Crippen molar-refractivity contribution in [2.75, 3.05) is 13.1 Å². The molecule has 0 atom stereocenters. The second-order valence-electron chi connectivity index (χ2n) is 4.49. The van der Waals surface area contributed by atoms with Crippen LogP contribution in [-0.4, -0.2) is 35.1 Å². The van der Waals surface area contributed by atoms with Gasteiger partial charge in [-0.15, -0.1) is 0 Å². The lowest BCUT2D eigenvalue weighted by Crippen LogP contribution is -2.35. The van der Waals surface area contributed by atoms with E-state index in [-0.39, 0.29) is 35.4 Å². The van der Waals surface area contributed by atoms with E-state index in [1.165, 1.54) is 18.2 Å². The molecule has 2 amide bonds. The Hall–Kier alpha value is -2.24. The van der Waals surface area contributed by atoms with Gasteiger partial charge < -0.3 is 20.8 Å². The smallest absolute Gasteiger partial charge is 0.258 e. The van der Waals surface area contributed by atoms with Gasteiger partial charge >= 0.3 is 0 Å². The van der Waals surface area contributed by atoms with E-state index in [9.17, 15) is 19.8 Å². The van der Waals surface area contributed by atoms with Crippen LogP contribution >= 0.6 is 0 Å². The first-order valence-electron chi connectivity index (χ1n) is 6.16. The van der Waals surface area contributed by atoms with E-state index in [1.54, 1.807) is 0 Å². The number of phenolic OH excluding ortho intramolecular Hbond substituents is 2. The van der Waals surface area contributed by atoms with Gasteiger partial charge in [-0.2, -0.15) is 0 Å². The summed E-state index contributed by atoms with van der Waals surface area (Å²) in [6, 6.07) is 4.09.